The Kier molecular flexibility index (Phi) is 7.14. The quantitative estimate of drug-likeness (QED) is 0.766. The Morgan fingerprint density at radius 3 is 2.59 bits per heavy atom. The number of carbonyl (C=O) groups excluding carboxylic acids is 2. The van der Waals surface area contributed by atoms with Crippen molar-refractivity contribution < 1.29 is 14.3 Å². The van der Waals surface area contributed by atoms with Crippen LogP contribution in [0.4, 0.5) is 10.5 Å². The molecule has 0 bridgehead atoms. The summed E-state index contributed by atoms with van der Waals surface area (Å²) < 4.78 is 5.30. The minimum atomic E-state index is -0.189. The highest BCUT2D eigenvalue weighted by Crippen LogP contribution is 2.19. The lowest BCUT2D eigenvalue weighted by Gasteiger charge is -2.22. The molecular weight excluding hydrogens is 390 g/mol. The van der Waals surface area contributed by atoms with E-state index in [1.54, 1.807) is 53.3 Å². The van der Waals surface area contributed by atoms with Crippen LogP contribution in [-0.4, -0.2) is 55.0 Å². The molecule has 152 valence electrons. The average molecular weight is 414 g/mol. The smallest absolute Gasteiger partial charge is 0.321 e. The van der Waals surface area contributed by atoms with Gasteiger partial charge in [0.25, 0.3) is 0 Å². The molecule has 0 aromatic heterocycles. The van der Waals surface area contributed by atoms with Crippen LogP contribution in [-0.2, 0) is 4.79 Å². The van der Waals surface area contributed by atoms with Crippen molar-refractivity contribution in [2.45, 2.75) is 6.42 Å². The lowest BCUT2D eigenvalue weighted by atomic mass is 10.2. The number of amides is 3. The summed E-state index contributed by atoms with van der Waals surface area (Å²) in [5.41, 5.74) is 1.50. The van der Waals surface area contributed by atoms with Gasteiger partial charge in [-0.05, 0) is 36.8 Å². The zero-order valence-corrected chi connectivity index (χ0v) is 17.1. The van der Waals surface area contributed by atoms with E-state index in [2.05, 4.69) is 5.32 Å². The van der Waals surface area contributed by atoms with Gasteiger partial charge in [-0.1, -0.05) is 35.9 Å². The Labute approximate surface area is 175 Å². The van der Waals surface area contributed by atoms with Crippen LogP contribution >= 0.6 is 11.6 Å². The summed E-state index contributed by atoms with van der Waals surface area (Å²) in [5.74, 6) is 0.643. The first-order chi connectivity index (χ1) is 14.1. The van der Waals surface area contributed by atoms with Crippen LogP contribution in [0, 0.1) is 0 Å². The van der Waals surface area contributed by atoms with Crippen LogP contribution in [0.1, 0.15) is 12.0 Å². The zero-order chi connectivity index (χ0) is 20.6. The van der Waals surface area contributed by atoms with E-state index in [-0.39, 0.29) is 11.9 Å². The van der Waals surface area contributed by atoms with Crippen molar-refractivity contribution in [3.63, 3.8) is 0 Å². The number of methoxy groups -OCH3 is 1. The molecule has 0 radical (unpaired) electrons. The van der Waals surface area contributed by atoms with E-state index in [1.165, 1.54) is 0 Å². The van der Waals surface area contributed by atoms with Gasteiger partial charge < -0.3 is 19.9 Å². The summed E-state index contributed by atoms with van der Waals surface area (Å²) in [5, 5.41) is 3.42. The highest BCUT2D eigenvalue weighted by molar-refractivity contribution is 6.30. The minimum Gasteiger partial charge on any atom is -0.496 e. The van der Waals surface area contributed by atoms with Gasteiger partial charge >= 0.3 is 6.03 Å². The molecular formula is C22H24ClN3O3. The Balaban J connectivity index is 1.57. The maximum Gasteiger partial charge on any atom is 0.321 e. The summed E-state index contributed by atoms with van der Waals surface area (Å²) in [6.07, 6.45) is 4.03. The second kappa shape index (κ2) is 9.98. The van der Waals surface area contributed by atoms with Crippen molar-refractivity contribution in [1.82, 2.24) is 9.80 Å². The van der Waals surface area contributed by atoms with Crippen molar-refractivity contribution in [3.05, 3.63) is 65.2 Å². The zero-order valence-electron chi connectivity index (χ0n) is 16.3. The number of nitrogens with zero attached hydrogens (tertiary/aromatic N) is 2. The highest BCUT2D eigenvalue weighted by Gasteiger charge is 2.21. The van der Waals surface area contributed by atoms with Gasteiger partial charge in [0.15, 0.2) is 0 Å². The van der Waals surface area contributed by atoms with Crippen molar-refractivity contribution in [3.8, 4) is 5.75 Å². The van der Waals surface area contributed by atoms with Gasteiger partial charge in [-0.15, -0.1) is 0 Å². The van der Waals surface area contributed by atoms with E-state index in [0.29, 0.717) is 36.9 Å². The molecule has 0 aliphatic carbocycles. The first-order valence-corrected chi connectivity index (χ1v) is 9.86. The van der Waals surface area contributed by atoms with Crippen molar-refractivity contribution >= 4 is 35.3 Å². The SMILES string of the molecule is COc1ccccc1/C=C/C(=O)N1CCCN(C(=O)Nc2cccc(Cl)c2)CC1. The Bertz CT molecular complexity index is 900. The number of rotatable bonds is 4. The first kappa shape index (κ1) is 20.7. The molecule has 2 aromatic carbocycles. The molecule has 1 saturated heterocycles. The fraction of sp³-hybridized carbons (Fsp3) is 0.273. The van der Waals surface area contributed by atoms with Crippen LogP contribution < -0.4 is 10.1 Å². The molecule has 7 heteroatoms. The highest BCUT2D eigenvalue weighted by atomic mass is 35.5. The second-order valence-electron chi connectivity index (χ2n) is 6.68. The predicted octanol–water partition coefficient (Wildman–Crippen LogP) is 4.13. The molecule has 6 nitrogen and oxygen atoms in total. The van der Waals surface area contributed by atoms with Gasteiger partial charge in [-0.3, -0.25) is 4.79 Å². The largest absolute Gasteiger partial charge is 0.496 e. The van der Waals surface area contributed by atoms with Gasteiger partial charge in [0, 0.05) is 48.5 Å². The van der Waals surface area contributed by atoms with Crippen molar-refractivity contribution in [1.29, 1.82) is 0 Å². The summed E-state index contributed by atoms with van der Waals surface area (Å²) in [4.78, 5) is 28.6. The van der Waals surface area contributed by atoms with Gasteiger partial charge in [-0.2, -0.15) is 0 Å². The summed E-state index contributed by atoms with van der Waals surface area (Å²) >= 11 is 5.96. The molecule has 3 rings (SSSR count). The van der Waals surface area contributed by atoms with Gasteiger partial charge in [0.05, 0.1) is 7.11 Å². The molecule has 2 aromatic rings. The van der Waals surface area contributed by atoms with E-state index in [1.807, 2.05) is 24.3 Å². The van der Waals surface area contributed by atoms with Gasteiger partial charge in [0.1, 0.15) is 5.75 Å². The van der Waals surface area contributed by atoms with Crippen molar-refractivity contribution in [2.75, 3.05) is 38.6 Å². The molecule has 1 N–H and O–H groups in total. The third kappa shape index (κ3) is 5.74. The summed E-state index contributed by atoms with van der Waals surface area (Å²) in [7, 11) is 1.60. The molecule has 1 heterocycles. The Morgan fingerprint density at radius 1 is 1.03 bits per heavy atom. The minimum absolute atomic E-state index is 0.0759. The third-order valence-corrected chi connectivity index (χ3v) is 4.95. The lowest BCUT2D eigenvalue weighted by molar-refractivity contribution is -0.125. The fourth-order valence-electron chi connectivity index (χ4n) is 3.18. The number of para-hydroxylation sites is 1. The summed E-state index contributed by atoms with van der Waals surface area (Å²) in [6, 6.07) is 14.4. The molecule has 0 atom stereocenters. The van der Waals surface area contributed by atoms with Crippen LogP contribution in [0.15, 0.2) is 54.6 Å². The van der Waals surface area contributed by atoms with E-state index in [9.17, 15) is 9.59 Å². The maximum absolute atomic E-state index is 12.6. The van der Waals surface area contributed by atoms with Crippen LogP contribution in [0.5, 0.6) is 5.75 Å². The molecule has 1 fully saturated rings. The maximum atomic E-state index is 12.6. The number of benzene rings is 2. The molecule has 0 saturated carbocycles. The average Bonchev–Trinajstić information content (AvgIpc) is 2.98. The normalized spacial score (nSPS) is 14.6. The van der Waals surface area contributed by atoms with Crippen LogP contribution in [0.2, 0.25) is 5.02 Å². The number of hydrogen-bond acceptors (Lipinski definition) is 3. The third-order valence-electron chi connectivity index (χ3n) is 4.72. The standard InChI is InChI=1S/C22H24ClN3O3/c1-29-20-9-3-2-6-17(20)10-11-21(27)25-12-5-13-26(15-14-25)22(28)24-19-8-4-7-18(23)16-19/h2-4,6-11,16H,5,12-15H2,1H3,(H,24,28)/b11-10+. The number of anilines is 1. The van der Waals surface area contributed by atoms with Crippen LogP contribution in [0.25, 0.3) is 6.08 Å². The van der Waals surface area contributed by atoms with Crippen LogP contribution in [0.3, 0.4) is 0 Å². The predicted molar refractivity (Wildman–Crippen MR) is 115 cm³/mol. The molecule has 29 heavy (non-hydrogen) atoms. The number of ether oxygens (including phenoxy) is 1. The number of hydrogen-bond donors (Lipinski definition) is 1. The molecule has 0 spiro atoms. The Hall–Kier alpha value is -2.99. The summed E-state index contributed by atoms with van der Waals surface area (Å²) in [6.45, 7) is 2.15. The molecule has 3 amide bonds. The van der Waals surface area contributed by atoms with E-state index >= 15 is 0 Å². The van der Waals surface area contributed by atoms with Gasteiger partial charge in [0.2, 0.25) is 5.91 Å². The van der Waals surface area contributed by atoms with E-state index < -0.39 is 0 Å². The first-order valence-electron chi connectivity index (χ1n) is 9.48. The number of nitrogens with one attached hydrogen (secondary N) is 1. The van der Waals surface area contributed by atoms with E-state index in [0.717, 1.165) is 17.7 Å². The fourth-order valence-corrected chi connectivity index (χ4v) is 3.37. The second-order valence-corrected chi connectivity index (χ2v) is 7.12. The molecule has 1 aliphatic heterocycles. The number of carbonyl (C=O) groups is 2. The van der Waals surface area contributed by atoms with Crippen molar-refractivity contribution in [2.24, 2.45) is 0 Å². The number of urea groups is 1. The monoisotopic (exact) mass is 413 g/mol. The topological polar surface area (TPSA) is 61.9 Å². The Morgan fingerprint density at radius 2 is 1.79 bits per heavy atom. The number of halogens is 1. The lowest BCUT2D eigenvalue weighted by Crippen LogP contribution is -2.39. The van der Waals surface area contributed by atoms with Gasteiger partial charge in [-0.25, -0.2) is 4.79 Å². The molecule has 1 aliphatic rings. The molecule has 0 unspecified atom stereocenters. The van der Waals surface area contributed by atoms with E-state index in [4.69, 9.17) is 16.3 Å².